The minimum absolute atomic E-state index is 0.00354. The van der Waals surface area contributed by atoms with Crippen LogP contribution in [0.1, 0.15) is 5.56 Å². The Bertz CT molecular complexity index is 298. The molecular weight excluding hydrogens is 173 g/mol. The van der Waals surface area contributed by atoms with Gasteiger partial charge in [0.1, 0.15) is 0 Å². The molecule has 0 spiro atoms. The molecule has 0 aliphatic carbocycles. The van der Waals surface area contributed by atoms with E-state index in [-0.39, 0.29) is 12.0 Å². The first-order chi connectivity index (χ1) is 6.09. The predicted molar refractivity (Wildman–Crippen MR) is 47.0 cm³/mol. The second kappa shape index (κ2) is 4.02. The molecule has 0 aliphatic heterocycles. The van der Waals surface area contributed by atoms with Crippen LogP contribution in [-0.2, 0) is 6.32 Å². The molecule has 0 atom stereocenters. The van der Waals surface area contributed by atoms with Gasteiger partial charge < -0.3 is 10.0 Å². The van der Waals surface area contributed by atoms with Crippen molar-refractivity contribution in [3.8, 4) is 0 Å². The number of nitro groups is 1. The van der Waals surface area contributed by atoms with E-state index in [1.165, 1.54) is 24.3 Å². The average molecular weight is 181 g/mol. The number of benzene rings is 1. The van der Waals surface area contributed by atoms with Gasteiger partial charge in [-0.3, -0.25) is 10.1 Å². The van der Waals surface area contributed by atoms with Crippen molar-refractivity contribution < 1.29 is 15.0 Å². The summed E-state index contributed by atoms with van der Waals surface area (Å²) in [6.07, 6.45) is 0.0813. The maximum absolute atomic E-state index is 10.2. The molecule has 0 saturated heterocycles. The third-order valence-electron chi connectivity index (χ3n) is 1.57. The quantitative estimate of drug-likeness (QED) is 0.394. The van der Waals surface area contributed by atoms with E-state index < -0.39 is 12.0 Å². The van der Waals surface area contributed by atoms with E-state index in [0.717, 1.165) is 0 Å². The van der Waals surface area contributed by atoms with Crippen molar-refractivity contribution in [2.24, 2.45) is 0 Å². The number of hydrogen-bond acceptors (Lipinski definition) is 4. The van der Waals surface area contributed by atoms with Crippen molar-refractivity contribution in [3.05, 3.63) is 39.9 Å². The molecule has 5 nitrogen and oxygen atoms in total. The van der Waals surface area contributed by atoms with Crippen LogP contribution in [0.5, 0.6) is 0 Å². The molecule has 2 N–H and O–H groups in total. The monoisotopic (exact) mass is 181 g/mol. The highest BCUT2D eigenvalue weighted by molar-refractivity contribution is 6.40. The summed E-state index contributed by atoms with van der Waals surface area (Å²) in [5, 5.41) is 27.5. The Morgan fingerprint density at radius 1 is 1.31 bits per heavy atom. The lowest BCUT2D eigenvalue weighted by Gasteiger charge is -1.98. The van der Waals surface area contributed by atoms with Crippen molar-refractivity contribution >= 4 is 12.8 Å². The third-order valence-corrected chi connectivity index (χ3v) is 1.57. The summed E-state index contributed by atoms with van der Waals surface area (Å²) in [6, 6.07) is 5.66. The summed E-state index contributed by atoms with van der Waals surface area (Å²) in [6.45, 7) is 0. The Morgan fingerprint density at radius 3 is 2.23 bits per heavy atom. The summed E-state index contributed by atoms with van der Waals surface area (Å²) in [5.41, 5.74) is 0.650. The lowest BCUT2D eigenvalue weighted by molar-refractivity contribution is -0.384. The zero-order chi connectivity index (χ0) is 9.84. The molecule has 68 valence electrons. The highest BCUT2D eigenvalue weighted by Crippen LogP contribution is 2.12. The fourth-order valence-electron chi connectivity index (χ4n) is 0.965. The summed E-state index contributed by atoms with van der Waals surface area (Å²) in [7, 11) is -1.42. The fraction of sp³-hybridized carbons (Fsp3) is 0.143. The molecule has 0 amide bonds. The lowest BCUT2D eigenvalue weighted by Crippen LogP contribution is -2.14. The van der Waals surface area contributed by atoms with Crippen LogP contribution in [0.25, 0.3) is 0 Å². The van der Waals surface area contributed by atoms with Crippen LogP contribution in [0.2, 0.25) is 0 Å². The highest BCUT2D eigenvalue weighted by Gasteiger charge is 2.09. The zero-order valence-electron chi connectivity index (χ0n) is 6.75. The number of nitrogens with zero attached hydrogens (tertiary/aromatic N) is 1. The maximum atomic E-state index is 10.2. The molecule has 1 aromatic carbocycles. The molecule has 0 aromatic heterocycles. The van der Waals surface area contributed by atoms with Crippen LogP contribution in [0.15, 0.2) is 24.3 Å². The van der Waals surface area contributed by atoms with Gasteiger partial charge in [0, 0.05) is 18.5 Å². The van der Waals surface area contributed by atoms with Gasteiger partial charge in [-0.15, -0.1) is 0 Å². The molecule has 0 saturated carbocycles. The predicted octanol–water partition coefficient (Wildman–Crippen LogP) is 0.149. The molecule has 0 radical (unpaired) electrons. The van der Waals surface area contributed by atoms with Crippen LogP contribution >= 0.6 is 0 Å². The van der Waals surface area contributed by atoms with Gasteiger partial charge in [-0.25, -0.2) is 0 Å². The number of hydrogen-bond donors (Lipinski definition) is 2. The molecule has 1 aromatic rings. The Labute approximate surface area is 74.9 Å². The molecule has 0 bridgehead atoms. The van der Waals surface area contributed by atoms with Crippen molar-refractivity contribution in [2.75, 3.05) is 0 Å². The van der Waals surface area contributed by atoms with E-state index in [9.17, 15) is 10.1 Å². The van der Waals surface area contributed by atoms with Gasteiger partial charge in [-0.2, -0.15) is 0 Å². The molecule has 0 aliphatic rings. The van der Waals surface area contributed by atoms with E-state index in [1.807, 2.05) is 0 Å². The lowest BCUT2D eigenvalue weighted by atomic mass is 9.82. The van der Waals surface area contributed by atoms with Crippen LogP contribution < -0.4 is 0 Å². The second-order valence-electron chi connectivity index (χ2n) is 2.61. The first-order valence-electron chi connectivity index (χ1n) is 3.69. The maximum Gasteiger partial charge on any atom is 0.456 e. The Balaban J connectivity index is 2.75. The normalized spacial score (nSPS) is 9.69. The topological polar surface area (TPSA) is 83.6 Å². The van der Waals surface area contributed by atoms with Gasteiger partial charge in [0.25, 0.3) is 5.69 Å². The number of non-ortho nitro benzene ring substituents is 1. The van der Waals surface area contributed by atoms with E-state index >= 15 is 0 Å². The van der Waals surface area contributed by atoms with E-state index in [1.54, 1.807) is 0 Å². The Hall–Kier alpha value is -1.40. The van der Waals surface area contributed by atoms with Gasteiger partial charge >= 0.3 is 7.12 Å². The van der Waals surface area contributed by atoms with Crippen molar-refractivity contribution in [2.45, 2.75) is 6.32 Å². The van der Waals surface area contributed by atoms with E-state index in [2.05, 4.69) is 0 Å². The number of nitro benzene ring substituents is 1. The molecule has 1 rings (SSSR count). The second-order valence-corrected chi connectivity index (χ2v) is 2.61. The first-order valence-corrected chi connectivity index (χ1v) is 3.69. The minimum atomic E-state index is -1.42. The SMILES string of the molecule is O=[N+]([O-])c1ccc(CB(O)O)cc1. The highest BCUT2D eigenvalue weighted by atomic mass is 16.6. The van der Waals surface area contributed by atoms with Gasteiger partial charge in [-0.05, 0) is 5.56 Å². The first kappa shape index (κ1) is 9.69. The van der Waals surface area contributed by atoms with Gasteiger partial charge in [-0.1, -0.05) is 12.1 Å². The molecule has 13 heavy (non-hydrogen) atoms. The molecule has 0 fully saturated rings. The minimum Gasteiger partial charge on any atom is -0.427 e. The van der Waals surface area contributed by atoms with Crippen molar-refractivity contribution in [1.82, 2.24) is 0 Å². The summed E-state index contributed by atoms with van der Waals surface area (Å²) in [4.78, 5) is 9.74. The van der Waals surface area contributed by atoms with Crippen LogP contribution in [0.3, 0.4) is 0 Å². The van der Waals surface area contributed by atoms with Crippen LogP contribution in [-0.4, -0.2) is 22.1 Å². The van der Waals surface area contributed by atoms with Crippen molar-refractivity contribution in [3.63, 3.8) is 0 Å². The number of rotatable bonds is 3. The molecular formula is C7H8BNO4. The van der Waals surface area contributed by atoms with Gasteiger partial charge in [0.2, 0.25) is 0 Å². The average Bonchev–Trinajstić information content (AvgIpc) is 2.04. The van der Waals surface area contributed by atoms with Crippen LogP contribution in [0.4, 0.5) is 5.69 Å². The smallest absolute Gasteiger partial charge is 0.427 e. The standard InChI is InChI=1S/C7H8BNO4/c10-8(11)5-6-1-3-7(4-2-6)9(12)13/h1-4,10-11H,5H2. The van der Waals surface area contributed by atoms with Gasteiger partial charge in [0.15, 0.2) is 0 Å². The fourth-order valence-corrected chi connectivity index (χ4v) is 0.965. The largest absolute Gasteiger partial charge is 0.456 e. The summed E-state index contributed by atoms with van der Waals surface area (Å²) in [5.74, 6) is 0. The van der Waals surface area contributed by atoms with E-state index in [0.29, 0.717) is 5.56 Å². The zero-order valence-corrected chi connectivity index (χ0v) is 6.75. The molecule has 0 heterocycles. The molecule has 0 unspecified atom stereocenters. The summed E-state index contributed by atoms with van der Waals surface area (Å²) >= 11 is 0. The van der Waals surface area contributed by atoms with E-state index in [4.69, 9.17) is 10.0 Å². The molecule has 6 heteroatoms. The summed E-state index contributed by atoms with van der Waals surface area (Å²) < 4.78 is 0. The van der Waals surface area contributed by atoms with Crippen LogP contribution in [0, 0.1) is 10.1 Å². The van der Waals surface area contributed by atoms with Gasteiger partial charge in [0.05, 0.1) is 4.92 Å². The Morgan fingerprint density at radius 2 is 1.85 bits per heavy atom. The Kier molecular flexibility index (Phi) is 3.00. The third kappa shape index (κ3) is 2.85. The van der Waals surface area contributed by atoms with Crippen molar-refractivity contribution in [1.29, 1.82) is 0 Å².